The third kappa shape index (κ3) is 24.1. The van der Waals surface area contributed by atoms with Crippen LogP contribution in [0, 0.1) is 0 Å². The number of hydrogen-bond acceptors (Lipinski definition) is 15. The zero-order valence-corrected chi connectivity index (χ0v) is 28.3. The Labute approximate surface area is 283 Å². The number of aromatic nitrogens is 3. The molecule has 1 aliphatic heterocycles. The molecule has 2 rings (SSSR count). The highest BCUT2D eigenvalue weighted by Gasteiger charge is 2.19. The summed E-state index contributed by atoms with van der Waals surface area (Å²) in [5.41, 5.74) is 0.755. The molecule has 1 aliphatic rings. The molecule has 0 saturated carbocycles. The van der Waals surface area contributed by atoms with Crippen LogP contribution in [0.3, 0.4) is 0 Å². The summed E-state index contributed by atoms with van der Waals surface area (Å²) in [6.45, 7) is 13.4. The molecule has 1 aromatic heterocycles. The van der Waals surface area contributed by atoms with Crippen molar-refractivity contribution in [3.8, 4) is 0 Å². The van der Waals surface area contributed by atoms with Crippen molar-refractivity contribution in [1.29, 1.82) is 0 Å². The number of nitrogens with zero attached hydrogens (tertiary/aromatic N) is 5. The highest BCUT2D eigenvalue weighted by atomic mass is 16.6. The van der Waals surface area contributed by atoms with Crippen LogP contribution >= 0.6 is 0 Å². The Kier molecular flexibility index (Phi) is 27.1. The number of rotatable bonds is 34. The molecule has 2 N–H and O–H groups in total. The summed E-state index contributed by atoms with van der Waals surface area (Å²) < 4.78 is 56.2. The minimum Gasteiger partial charge on any atom is -0.465 e. The van der Waals surface area contributed by atoms with Gasteiger partial charge in [0.05, 0.1) is 151 Å². The Morgan fingerprint density at radius 1 is 0.562 bits per heavy atom. The van der Waals surface area contributed by atoms with Crippen molar-refractivity contribution >= 4 is 6.09 Å². The standard InChI is InChI=1S/C30H57N5O13/c36-7-10-40-12-14-42-16-18-44-20-22-46-24-26-47-25-23-45-21-19-43-17-15-41-13-11-39-9-6-35-27-29(31-32-35)28-48-8-5-33-1-3-34(4-2-33)30(37)38/h27,36H,1-26,28H2,(H,37,38). The van der Waals surface area contributed by atoms with Gasteiger partial charge in [0, 0.05) is 32.7 Å². The molecule has 1 aromatic rings. The minimum absolute atomic E-state index is 0.0204. The van der Waals surface area contributed by atoms with Gasteiger partial charge in [0.1, 0.15) is 5.69 Å². The first-order chi connectivity index (χ1) is 23.7. The maximum Gasteiger partial charge on any atom is 0.407 e. The Morgan fingerprint density at radius 2 is 0.958 bits per heavy atom. The van der Waals surface area contributed by atoms with E-state index in [1.807, 2.05) is 6.20 Å². The fourth-order valence-corrected chi connectivity index (χ4v) is 4.13. The van der Waals surface area contributed by atoms with Crippen LogP contribution in [0.2, 0.25) is 0 Å². The highest BCUT2D eigenvalue weighted by Crippen LogP contribution is 2.03. The van der Waals surface area contributed by atoms with Gasteiger partial charge < -0.3 is 62.5 Å². The van der Waals surface area contributed by atoms with E-state index in [1.54, 1.807) is 4.68 Å². The normalized spacial score (nSPS) is 13.9. The van der Waals surface area contributed by atoms with Crippen molar-refractivity contribution < 1.29 is 62.4 Å². The molecule has 0 aliphatic carbocycles. The number of piperazine rings is 1. The van der Waals surface area contributed by atoms with Gasteiger partial charge in [0.2, 0.25) is 0 Å². The molecule has 0 aromatic carbocycles. The number of aliphatic hydroxyl groups is 1. The van der Waals surface area contributed by atoms with E-state index in [0.717, 1.165) is 25.3 Å². The molecule has 2 heterocycles. The predicted octanol–water partition coefficient (Wildman–Crippen LogP) is -0.768. The van der Waals surface area contributed by atoms with Crippen LogP contribution in [-0.4, -0.2) is 206 Å². The fourth-order valence-electron chi connectivity index (χ4n) is 4.13. The smallest absolute Gasteiger partial charge is 0.407 e. The summed E-state index contributed by atoms with van der Waals surface area (Å²) in [5, 5.41) is 25.8. The lowest BCUT2D eigenvalue weighted by Gasteiger charge is -2.32. The molecule has 0 atom stereocenters. The number of ether oxygens (including phenoxy) is 10. The molecule has 0 unspecified atom stereocenters. The lowest BCUT2D eigenvalue weighted by Crippen LogP contribution is -2.48. The van der Waals surface area contributed by atoms with Gasteiger partial charge in [0.25, 0.3) is 0 Å². The number of hydrogen-bond donors (Lipinski definition) is 2. The van der Waals surface area contributed by atoms with Crippen LogP contribution in [0.15, 0.2) is 6.20 Å². The molecule has 1 saturated heterocycles. The van der Waals surface area contributed by atoms with Crippen LogP contribution in [0.5, 0.6) is 0 Å². The van der Waals surface area contributed by atoms with Crippen molar-refractivity contribution in [2.24, 2.45) is 0 Å². The van der Waals surface area contributed by atoms with Crippen molar-refractivity contribution in [2.75, 3.05) is 165 Å². The molecule has 0 radical (unpaired) electrons. The van der Waals surface area contributed by atoms with Crippen molar-refractivity contribution in [2.45, 2.75) is 13.2 Å². The molecular formula is C30H57N5O13. The van der Waals surface area contributed by atoms with E-state index in [4.69, 9.17) is 57.6 Å². The van der Waals surface area contributed by atoms with E-state index >= 15 is 0 Å². The molecule has 18 nitrogen and oxygen atoms in total. The number of amides is 1. The minimum atomic E-state index is -0.859. The van der Waals surface area contributed by atoms with Crippen molar-refractivity contribution in [3.05, 3.63) is 11.9 Å². The van der Waals surface area contributed by atoms with Gasteiger partial charge in [-0.15, -0.1) is 5.10 Å². The first-order valence-corrected chi connectivity index (χ1v) is 16.7. The summed E-state index contributed by atoms with van der Waals surface area (Å²) in [5.74, 6) is 0. The molecule has 1 amide bonds. The summed E-state index contributed by atoms with van der Waals surface area (Å²) in [6, 6.07) is 0. The van der Waals surface area contributed by atoms with E-state index in [9.17, 15) is 4.79 Å². The second-order valence-corrected chi connectivity index (χ2v) is 10.4. The van der Waals surface area contributed by atoms with E-state index in [0.29, 0.717) is 152 Å². The Balaban J connectivity index is 1.22. The topological polar surface area (TPSA) is 187 Å². The van der Waals surface area contributed by atoms with E-state index in [1.165, 1.54) is 4.90 Å². The lowest BCUT2D eigenvalue weighted by molar-refractivity contribution is -0.0256. The van der Waals surface area contributed by atoms with Gasteiger partial charge in [-0.1, -0.05) is 5.21 Å². The summed E-state index contributed by atoms with van der Waals surface area (Å²) in [4.78, 5) is 14.6. The van der Waals surface area contributed by atoms with E-state index in [-0.39, 0.29) is 6.61 Å². The molecule has 0 spiro atoms. The molecule has 1 fully saturated rings. The maximum absolute atomic E-state index is 11.0. The van der Waals surface area contributed by atoms with Gasteiger partial charge in [-0.25, -0.2) is 9.48 Å². The molecule has 48 heavy (non-hydrogen) atoms. The maximum atomic E-state index is 11.0. The first-order valence-electron chi connectivity index (χ1n) is 16.7. The van der Waals surface area contributed by atoms with Crippen molar-refractivity contribution in [3.63, 3.8) is 0 Å². The number of aliphatic hydroxyl groups excluding tert-OH is 1. The van der Waals surface area contributed by atoms with Crippen molar-refractivity contribution in [1.82, 2.24) is 24.8 Å². The number of carbonyl (C=O) groups is 1. The monoisotopic (exact) mass is 695 g/mol. The van der Waals surface area contributed by atoms with E-state index < -0.39 is 6.09 Å². The van der Waals surface area contributed by atoms with Crippen LogP contribution in [-0.2, 0) is 60.5 Å². The molecule has 280 valence electrons. The van der Waals surface area contributed by atoms with Gasteiger partial charge in [-0.2, -0.15) is 0 Å². The largest absolute Gasteiger partial charge is 0.465 e. The highest BCUT2D eigenvalue weighted by molar-refractivity contribution is 5.65. The fraction of sp³-hybridized carbons (Fsp3) is 0.900. The quantitative estimate of drug-likeness (QED) is 0.0856. The average molecular weight is 696 g/mol. The second kappa shape index (κ2) is 30.9. The average Bonchev–Trinajstić information content (AvgIpc) is 3.55. The second-order valence-electron chi connectivity index (χ2n) is 10.4. The number of carboxylic acid groups (broad SMARTS) is 1. The van der Waals surface area contributed by atoms with Gasteiger partial charge in [-0.3, -0.25) is 4.90 Å². The Hall–Kier alpha value is -2.07. The van der Waals surface area contributed by atoms with Crippen LogP contribution in [0.1, 0.15) is 5.69 Å². The third-order valence-electron chi connectivity index (χ3n) is 6.71. The summed E-state index contributed by atoms with van der Waals surface area (Å²) in [6.07, 6.45) is 0.985. The predicted molar refractivity (Wildman–Crippen MR) is 170 cm³/mol. The Bertz CT molecular complexity index is 865. The SMILES string of the molecule is O=C(O)N1CCN(CCOCc2cn(CCOCCOCCOCCOCCOCCOCCOCCOCCOCCO)nn2)CC1. The van der Waals surface area contributed by atoms with Gasteiger partial charge in [-0.05, 0) is 0 Å². The zero-order valence-electron chi connectivity index (χ0n) is 28.3. The summed E-state index contributed by atoms with van der Waals surface area (Å²) in [7, 11) is 0. The first kappa shape index (κ1) is 42.1. The van der Waals surface area contributed by atoms with Crippen LogP contribution in [0.25, 0.3) is 0 Å². The van der Waals surface area contributed by atoms with Gasteiger partial charge >= 0.3 is 6.09 Å². The zero-order chi connectivity index (χ0) is 34.2. The molecular weight excluding hydrogens is 638 g/mol. The molecule has 0 bridgehead atoms. The third-order valence-corrected chi connectivity index (χ3v) is 6.71. The Morgan fingerprint density at radius 3 is 1.38 bits per heavy atom. The van der Waals surface area contributed by atoms with E-state index in [2.05, 4.69) is 15.2 Å². The lowest BCUT2D eigenvalue weighted by atomic mass is 10.3. The van der Waals surface area contributed by atoms with Crippen LogP contribution < -0.4 is 0 Å². The molecule has 18 heteroatoms. The van der Waals surface area contributed by atoms with Crippen LogP contribution in [0.4, 0.5) is 4.79 Å². The summed E-state index contributed by atoms with van der Waals surface area (Å²) >= 11 is 0. The van der Waals surface area contributed by atoms with Gasteiger partial charge in [0.15, 0.2) is 0 Å².